The fourth-order valence-corrected chi connectivity index (χ4v) is 2.01. The topological polar surface area (TPSA) is 35.8 Å². The van der Waals surface area contributed by atoms with E-state index in [1.165, 1.54) is 11.3 Å². The molecule has 0 saturated carbocycles. The van der Waals surface area contributed by atoms with Gasteiger partial charge in [-0.05, 0) is 24.5 Å². The molecule has 0 atom stereocenters. The number of oxime groups is 1. The molecule has 1 aromatic carbocycles. The summed E-state index contributed by atoms with van der Waals surface area (Å²) >= 11 is 0. The van der Waals surface area contributed by atoms with Gasteiger partial charge in [-0.15, -0.1) is 0 Å². The highest BCUT2D eigenvalue weighted by molar-refractivity contribution is 6.05. The number of hydrogen-bond acceptors (Lipinski definition) is 3. The molecule has 0 heterocycles. The molecule has 14 heavy (non-hydrogen) atoms. The first-order valence-corrected chi connectivity index (χ1v) is 4.74. The summed E-state index contributed by atoms with van der Waals surface area (Å²) < 4.78 is 0. The van der Waals surface area contributed by atoms with Crippen molar-refractivity contribution < 1.29 is 5.21 Å². The van der Waals surface area contributed by atoms with Crippen molar-refractivity contribution in [2.24, 2.45) is 5.16 Å². The molecule has 1 aliphatic carbocycles. The van der Waals surface area contributed by atoms with E-state index in [1.54, 1.807) is 0 Å². The van der Waals surface area contributed by atoms with E-state index in [9.17, 15) is 0 Å². The second-order valence-electron chi connectivity index (χ2n) is 3.74. The van der Waals surface area contributed by atoms with Crippen LogP contribution in [0.5, 0.6) is 0 Å². The van der Waals surface area contributed by atoms with Crippen molar-refractivity contribution in [1.82, 2.24) is 0 Å². The third-order valence-electron chi connectivity index (χ3n) is 2.68. The highest BCUT2D eigenvalue weighted by Gasteiger charge is 2.21. The van der Waals surface area contributed by atoms with Crippen LogP contribution in [-0.2, 0) is 6.42 Å². The number of nitrogens with zero attached hydrogens (tertiary/aromatic N) is 2. The van der Waals surface area contributed by atoms with Gasteiger partial charge in [-0.25, -0.2) is 0 Å². The van der Waals surface area contributed by atoms with Crippen LogP contribution in [0.1, 0.15) is 17.5 Å². The number of benzene rings is 1. The highest BCUT2D eigenvalue weighted by Crippen LogP contribution is 2.30. The average molecular weight is 190 g/mol. The monoisotopic (exact) mass is 190 g/mol. The maximum atomic E-state index is 8.82. The Labute approximate surface area is 83.7 Å². The summed E-state index contributed by atoms with van der Waals surface area (Å²) in [5, 5.41) is 12.1. The zero-order valence-corrected chi connectivity index (χ0v) is 8.49. The van der Waals surface area contributed by atoms with Crippen LogP contribution in [0.3, 0.4) is 0 Å². The van der Waals surface area contributed by atoms with Gasteiger partial charge in [-0.1, -0.05) is 17.3 Å². The molecule has 1 N–H and O–H groups in total. The molecular weight excluding hydrogens is 176 g/mol. The average Bonchev–Trinajstić information content (AvgIpc) is 2.59. The molecule has 0 aromatic heterocycles. The minimum atomic E-state index is 0.809. The van der Waals surface area contributed by atoms with Crippen LogP contribution in [-0.4, -0.2) is 25.0 Å². The van der Waals surface area contributed by atoms with Crippen LogP contribution in [0.4, 0.5) is 5.69 Å². The van der Waals surface area contributed by atoms with Gasteiger partial charge >= 0.3 is 0 Å². The lowest BCUT2D eigenvalue weighted by Gasteiger charge is -2.16. The summed E-state index contributed by atoms with van der Waals surface area (Å²) in [5.41, 5.74) is 4.42. The van der Waals surface area contributed by atoms with Crippen molar-refractivity contribution in [1.29, 1.82) is 0 Å². The molecular formula is C11H14N2O. The van der Waals surface area contributed by atoms with Gasteiger partial charge in [0.15, 0.2) is 0 Å². The predicted octanol–water partition coefficient (Wildman–Crippen LogP) is 1.88. The van der Waals surface area contributed by atoms with Crippen molar-refractivity contribution in [2.45, 2.75) is 12.8 Å². The van der Waals surface area contributed by atoms with E-state index < -0.39 is 0 Å². The van der Waals surface area contributed by atoms with E-state index in [0.717, 1.165) is 24.1 Å². The first-order valence-electron chi connectivity index (χ1n) is 4.74. The Morgan fingerprint density at radius 3 is 2.71 bits per heavy atom. The lowest BCUT2D eigenvalue weighted by atomic mass is 10.1. The quantitative estimate of drug-likeness (QED) is 0.542. The zero-order chi connectivity index (χ0) is 10.1. The van der Waals surface area contributed by atoms with Crippen LogP contribution in [0.2, 0.25) is 0 Å². The summed E-state index contributed by atoms with van der Waals surface area (Å²) in [7, 11) is 4.06. The third-order valence-corrected chi connectivity index (χ3v) is 2.68. The molecule has 0 amide bonds. The van der Waals surface area contributed by atoms with Crippen molar-refractivity contribution in [3.8, 4) is 0 Å². The van der Waals surface area contributed by atoms with Crippen LogP contribution < -0.4 is 4.90 Å². The minimum Gasteiger partial charge on any atom is -0.411 e. The van der Waals surface area contributed by atoms with Gasteiger partial charge in [0.25, 0.3) is 0 Å². The predicted molar refractivity (Wildman–Crippen MR) is 57.4 cm³/mol. The van der Waals surface area contributed by atoms with Crippen molar-refractivity contribution in [3.63, 3.8) is 0 Å². The van der Waals surface area contributed by atoms with Crippen molar-refractivity contribution in [2.75, 3.05) is 19.0 Å². The third kappa shape index (κ3) is 1.25. The largest absolute Gasteiger partial charge is 0.411 e. The first-order chi connectivity index (χ1) is 6.74. The minimum absolute atomic E-state index is 0.809. The van der Waals surface area contributed by atoms with Gasteiger partial charge in [-0.3, -0.25) is 0 Å². The Hall–Kier alpha value is -1.51. The molecule has 3 heteroatoms. The molecule has 0 aliphatic heterocycles. The maximum Gasteiger partial charge on any atom is 0.0874 e. The van der Waals surface area contributed by atoms with Gasteiger partial charge in [0.1, 0.15) is 0 Å². The van der Waals surface area contributed by atoms with E-state index in [4.69, 9.17) is 5.21 Å². The van der Waals surface area contributed by atoms with Gasteiger partial charge in [0, 0.05) is 25.3 Å². The fraction of sp³-hybridized carbons (Fsp3) is 0.364. The van der Waals surface area contributed by atoms with Crippen LogP contribution in [0, 0.1) is 0 Å². The standard InChI is InChI=1S/C11H14N2O/c1-13(2)11-5-3-4-8-9(11)6-7-10(8)12-14/h3-5,14H,6-7H2,1-2H3/b12-10-. The molecule has 3 nitrogen and oxygen atoms in total. The Bertz CT molecular complexity index is 383. The van der Waals surface area contributed by atoms with Crippen LogP contribution in [0.15, 0.2) is 23.4 Å². The van der Waals surface area contributed by atoms with Gasteiger partial charge in [0.2, 0.25) is 0 Å². The Morgan fingerprint density at radius 1 is 1.29 bits per heavy atom. The van der Waals surface area contributed by atoms with Gasteiger partial charge in [0.05, 0.1) is 5.71 Å². The van der Waals surface area contributed by atoms with E-state index in [0.29, 0.717) is 0 Å². The smallest absolute Gasteiger partial charge is 0.0874 e. The molecule has 0 saturated heterocycles. The molecule has 1 aromatic rings. The number of hydrogen-bond donors (Lipinski definition) is 1. The van der Waals surface area contributed by atoms with Crippen molar-refractivity contribution in [3.05, 3.63) is 29.3 Å². The van der Waals surface area contributed by atoms with E-state index in [-0.39, 0.29) is 0 Å². The molecule has 0 radical (unpaired) electrons. The highest BCUT2D eigenvalue weighted by atomic mass is 16.4. The summed E-state index contributed by atoms with van der Waals surface area (Å²) in [6.07, 6.45) is 1.82. The Morgan fingerprint density at radius 2 is 2.07 bits per heavy atom. The van der Waals surface area contributed by atoms with E-state index in [2.05, 4.69) is 16.1 Å². The Balaban J connectivity index is 2.55. The summed E-state index contributed by atoms with van der Waals surface area (Å²) in [5.74, 6) is 0. The summed E-state index contributed by atoms with van der Waals surface area (Å²) in [4.78, 5) is 2.10. The summed E-state index contributed by atoms with van der Waals surface area (Å²) in [6, 6.07) is 6.12. The lowest BCUT2D eigenvalue weighted by molar-refractivity contribution is 0.318. The second kappa shape index (κ2) is 3.33. The second-order valence-corrected chi connectivity index (χ2v) is 3.74. The van der Waals surface area contributed by atoms with Gasteiger partial charge < -0.3 is 10.1 Å². The SMILES string of the molecule is CN(C)c1cccc2c1CC/C2=N/O. The lowest BCUT2D eigenvalue weighted by Crippen LogP contribution is -2.11. The normalized spacial score (nSPS) is 17.1. The van der Waals surface area contributed by atoms with E-state index >= 15 is 0 Å². The molecule has 0 spiro atoms. The number of anilines is 1. The molecule has 0 bridgehead atoms. The molecule has 0 fully saturated rings. The fourth-order valence-electron chi connectivity index (χ4n) is 2.01. The van der Waals surface area contributed by atoms with E-state index in [1.807, 2.05) is 26.2 Å². The van der Waals surface area contributed by atoms with Gasteiger partial charge in [-0.2, -0.15) is 0 Å². The zero-order valence-electron chi connectivity index (χ0n) is 8.49. The Kier molecular flexibility index (Phi) is 2.15. The number of fused-ring (bicyclic) bond motifs is 1. The summed E-state index contributed by atoms with van der Waals surface area (Å²) in [6.45, 7) is 0. The van der Waals surface area contributed by atoms with Crippen molar-refractivity contribution >= 4 is 11.4 Å². The number of rotatable bonds is 1. The molecule has 2 rings (SSSR count). The van der Waals surface area contributed by atoms with Crippen LogP contribution >= 0.6 is 0 Å². The maximum absolute atomic E-state index is 8.82. The molecule has 0 unspecified atom stereocenters. The molecule has 74 valence electrons. The molecule has 1 aliphatic rings. The first kappa shape index (κ1) is 9.06. The van der Waals surface area contributed by atoms with Crippen LogP contribution in [0.25, 0.3) is 0 Å².